The minimum Gasteiger partial charge on any atom is -0.456 e. The fraction of sp³-hybridized carbons (Fsp3) is 0. The van der Waals surface area contributed by atoms with Gasteiger partial charge in [-0.3, -0.25) is 4.57 Å². The molecule has 58 heavy (non-hydrogen) atoms. The summed E-state index contributed by atoms with van der Waals surface area (Å²) in [5, 5.41) is 9.00. The van der Waals surface area contributed by atoms with Crippen LogP contribution in [0.2, 0.25) is 0 Å². The van der Waals surface area contributed by atoms with Gasteiger partial charge in [0.25, 0.3) is 0 Å². The highest BCUT2D eigenvalue weighted by Gasteiger charge is 2.21. The Labute approximate surface area is 333 Å². The molecule has 0 saturated carbocycles. The van der Waals surface area contributed by atoms with Gasteiger partial charge in [-0.1, -0.05) is 164 Å². The van der Waals surface area contributed by atoms with Crippen molar-refractivity contribution >= 4 is 65.3 Å². The Kier molecular flexibility index (Phi) is 7.16. The lowest BCUT2D eigenvalue weighted by Gasteiger charge is -2.12. The average molecular weight is 741 g/mol. The normalized spacial score (nSPS) is 11.8. The van der Waals surface area contributed by atoms with Gasteiger partial charge in [-0.25, -0.2) is 4.98 Å². The highest BCUT2D eigenvalue weighted by molar-refractivity contribution is 6.21. The molecule has 0 spiro atoms. The van der Waals surface area contributed by atoms with E-state index >= 15 is 0 Å². The van der Waals surface area contributed by atoms with Gasteiger partial charge in [0.1, 0.15) is 11.2 Å². The Balaban J connectivity index is 1.07. The third-order valence-electron chi connectivity index (χ3n) is 11.5. The van der Waals surface area contributed by atoms with Crippen LogP contribution in [0, 0.1) is 0 Å². The fourth-order valence-electron chi connectivity index (χ4n) is 8.66. The minimum absolute atomic E-state index is 0.553. The summed E-state index contributed by atoms with van der Waals surface area (Å²) in [5.74, 6) is 1.72. The summed E-state index contributed by atoms with van der Waals surface area (Å²) in [5.41, 5.74) is 10.1. The molecule has 0 aliphatic heterocycles. The molecule has 0 unspecified atom stereocenters. The van der Waals surface area contributed by atoms with E-state index in [9.17, 15) is 0 Å². The van der Waals surface area contributed by atoms with Crippen LogP contribution in [0.25, 0.3) is 116 Å². The third-order valence-corrected chi connectivity index (χ3v) is 11.5. The summed E-state index contributed by atoms with van der Waals surface area (Å²) in [4.78, 5) is 15.9. The highest BCUT2D eigenvalue weighted by Crippen LogP contribution is 2.40. The van der Waals surface area contributed by atoms with Crippen molar-refractivity contribution < 1.29 is 4.42 Å². The Bertz CT molecular complexity index is 3550. The van der Waals surface area contributed by atoms with E-state index in [1.165, 1.54) is 27.3 Å². The van der Waals surface area contributed by atoms with Crippen LogP contribution in [0.1, 0.15) is 0 Å². The summed E-state index contributed by atoms with van der Waals surface area (Å²) in [6.45, 7) is 0. The number of nitrogens with zero attached hydrogens (tertiary/aromatic N) is 4. The van der Waals surface area contributed by atoms with E-state index in [2.05, 4.69) is 180 Å². The maximum Gasteiger partial charge on any atom is 0.238 e. The molecule has 12 aromatic rings. The molecule has 0 bridgehead atoms. The maximum absolute atomic E-state index is 6.51. The van der Waals surface area contributed by atoms with Crippen LogP contribution < -0.4 is 0 Å². The molecule has 270 valence electrons. The zero-order valence-corrected chi connectivity index (χ0v) is 31.2. The zero-order chi connectivity index (χ0) is 38.2. The van der Waals surface area contributed by atoms with Crippen molar-refractivity contribution in [2.75, 3.05) is 0 Å². The Hall–Kier alpha value is -7.89. The summed E-state index contributed by atoms with van der Waals surface area (Å²) < 4.78 is 8.70. The standard InChI is InChI=1S/C53H32N4O/c1-2-11-33(12-3-1)34-21-23-35(24-22-34)36-25-27-38(28-26-36)51-54-52(43-18-10-20-47-50(43)44-31-39-14-4-5-15-40(39)32-48(44)58-47)56-53(55-51)57-45-19-9-8-17-42(45)49-41-16-7-6-13-37(41)29-30-46(49)57/h1-32H. The van der Waals surface area contributed by atoms with Crippen molar-refractivity contribution in [1.82, 2.24) is 19.5 Å². The van der Waals surface area contributed by atoms with Gasteiger partial charge in [-0.2, -0.15) is 9.97 Å². The Morgan fingerprint density at radius 3 is 1.71 bits per heavy atom. The van der Waals surface area contributed by atoms with E-state index < -0.39 is 0 Å². The van der Waals surface area contributed by atoms with Gasteiger partial charge < -0.3 is 4.42 Å². The molecule has 0 aliphatic rings. The molecule has 3 heterocycles. The second kappa shape index (κ2) is 12.8. The van der Waals surface area contributed by atoms with Crippen molar-refractivity contribution in [2.24, 2.45) is 0 Å². The molecule has 0 atom stereocenters. The SMILES string of the molecule is c1ccc(-c2ccc(-c3ccc(-c4nc(-c5cccc6oc7cc8ccccc8cc7c56)nc(-n5c6ccccc6c6c7ccccc7ccc65)n4)cc3)cc2)cc1. The molecule has 9 aromatic carbocycles. The molecule has 12 rings (SSSR count). The number of furan rings is 1. The molecular formula is C53H32N4O. The second-order valence-corrected chi connectivity index (χ2v) is 14.8. The number of benzene rings is 9. The third kappa shape index (κ3) is 5.14. The Morgan fingerprint density at radius 2 is 0.948 bits per heavy atom. The molecule has 0 amide bonds. The molecule has 0 N–H and O–H groups in total. The first-order valence-corrected chi connectivity index (χ1v) is 19.5. The van der Waals surface area contributed by atoms with Crippen molar-refractivity contribution in [3.05, 3.63) is 194 Å². The Morgan fingerprint density at radius 1 is 0.345 bits per heavy atom. The number of aromatic nitrogens is 4. The molecule has 5 heteroatoms. The molecule has 0 fully saturated rings. The first kappa shape index (κ1) is 32.4. The first-order valence-electron chi connectivity index (χ1n) is 19.5. The quantitative estimate of drug-likeness (QED) is 0.176. The lowest BCUT2D eigenvalue weighted by atomic mass is 9.99. The number of fused-ring (bicyclic) bond motifs is 9. The van der Waals surface area contributed by atoms with Gasteiger partial charge in [0, 0.05) is 32.7 Å². The van der Waals surface area contributed by atoms with Crippen LogP contribution >= 0.6 is 0 Å². The van der Waals surface area contributed by atoms with Gasteiger partial charge in [0.15, 0.2) is 11.6 Å². The lowest BCUT2D eigenvalue weighted by molar-refractivity contribution is 0.669. The van der Waals surface area contributed by atoms with E-state index in [1.54, 1.807) is 0 Å². The highest BCUT2D eigenvalue weighted by atomic mass is 16.3. The topological polar surface area (TPSA) is 56.7 Å². The van der Waals surface area contributed by atoms with Crippen molar-refractivity contribution in [1.29, 1.82) is 0 Å². The van der Waals surface area contributed by atoms with Crippen LogP contribution in [0.5, 0.6) is 0 Å². The average Bonchev–Trinajstić information content (AvgIpc) is 3.84. The molecule has 5 nitrogen and oxygen atoms in total. The fourth-order valence-corrected chi connectivity index (χ4v) is 8.66. The van der Waals surface area contributed by atoms with E-state index in [1.807, 2.05) is 18.2 Å². The van der Waals surface area contributed by atoms with Gasteiger partial charge in [0.05, 0.1) is 11.0 Å². The first-order chi connectivity index (χ1) is 28.7. The molecule has 0 aliphatic carbocycles. The van der Waals surface area contributed by atoms with Crippen LogP contribution in [-0.2, 0) is 0 Å². The monoisotopic (exact) mass is 740 g/mol. The smallest absolute Gasteiger partial charge is 0.238 e. The minimum atomic E-state index is 0.553. The van der Waals surface area contributed by atoms with E-state index in [0.29, 0.717) is 17.6 Å². The molecule has 3 aromatic heterocycles. The molecular weight excluding hydrogens is 709 g/mol. The van der Waals surface area contributed by atoms with E-state index in [0.717, 1.165) is 71.4 Å². The maximum atomic E-state index is 6.51. The lowest BCUT2D eigenvalue weighted by Crippen LogP contribution is -2.06. The van der Waals surface area contributed by atoms with Crippen LogP contribution in [0.3, 0.4) is 0 Å². The van der Waals surface area contributed by atoms with Crippen LogP contribution in [0.4, 0.5) is 0 Å². The predicted molar refractivity (Wildman–Crippen MR) is 238 cm³/mol. The van der Waals surface area contributed by atoms with Crippen molar-refractivity contribution in [3.63, 3.8) is 0 Å². The van der Waals surface area contributed by atoms with Crippen LogP contribution in [0.15, 0.2) is 199 Å². The van der Waals surface area contributed by atoms with E-state index in [4.69, 9.17) is 19.4 Å². The van der Waals surface area contributed by atoms with Crippen LogP contribution in [-0.4, -0.2) is 19.5 Å². The molecule has 0 saturated heterocycles. The van der Waals surface area contributed by atoms with Gasteiger partial charge >= 0.3 is 0 Å². The number of hydrogen-bond acceptors (Lipinski definition) is 4. The summed E-state index contributed by atoms with van der Waals surface area (Å²) in [6, 6.07) is 68.0. The predicted octanol–water partition coefficient (Wildman–Crippen LogP) is 13.8. The van der Waals surface area contributed by atoms with Gasteiger partial charge in [-0.15, -0.1) is 0 Å². The largest absolute Gasteiger partial charge is 0.456 e. The van der Waals surface area contributed by atoms with Crippen molar-refractivity contribution in [3.8, 4) is 51.0 Å². The zero-order valence-electron chi connectivity index (χ0n) is 31.2. The van der Waals surface area contributed by atoms with Gasteiger partial charge in [0.2, 0.25) is 5.95 Å². The number of rotatable bonds is 5. The second-order valence-electron chi connectivity index (χ2n) is 14.8. The number of hydrogen-bond donors (Lipinski definition) is 0. The van der Waals surface area contributed by atoms with E-state index in [-0.39, 0.29) is 0 Å². The summed E-state index contributed by atoms with van der Waals surface area (Å²) >= 11 is 0. The summed E-state index contributed by atoms with van der Waals surface area (Å²) in [7, 11) is 0. The number of para-hydroxylation sites is 1. The molecule has 0 radical (unpaired) electrons. The van der Waals surface area contributed by atoms with Gasteiger partial charge in [-0.05, 0) is 74.1 Å². The van der Waals surface area contributed by atoms with Crippen molar-refractivity contribution in [2.45, 2.75) is 0 Å². The summed E-state index contributed by atoms with van der Waals surface area (Å²) in [6.07, 6.45) is 0.